The zero-order valence-corrected chi connectivity index (χ0v) is 16.5. The van der Waals surface area contributed by atoms with Crippen LogP contribution in [-0.2, 0) is 37.3 Å². The Hall–Kier alpha value is -2.08. The molecule has 0 unspecified atom stereocenters. The second-order valence-corrected chi connectivity index (χ2v) is 3.37. The van der Waals surface area contributed by atoms with E-state index >= 15 is 0 Å². The van der Waals surface area contributed by atoms with Gasteiger partial charge in [-0.25, -0.2) is 9.59 Å². The molecule has 0 saturated carbocycles. The quantitative estimate of drug-likeness (QED) is 0.520. The molecule has 2 aromatic rings. The summed E-state index contributed by atoms with van der Waals surface area (Å²) in [5.41, 5.74) is 0. The molecule has 0 saturated heterocycles. The Bertz CT molecular complexity index is 527. The van der Waals surface area contributed by atoms with E-state index in [-0.39, 0.29) is 27.7 Å². The standard InChI is InChI=1S/2C7H6O3.Hg/c2*8-7(9)4-3-6-2-1-5-10-6;/h2*1-5H,(H,8,9);/b2*4-3-;. The van der Waals surface area contributed by atoms with Crippen molar-refractivity contribution in [3.05, 3.63) is 60.5 Å². The van der Waals surface area contributed by atoms with E-state index in [1.807, 2.05) is 0 Å². The number of hydrogen-bond donors (Lipinski definition) is 2. The van der Waals surface area contributed by atoms with Crippen LogP contribution >= 0.6 is 0 Å². The van der Waals surface area contributed by atoms with E-state index in [1.165, 1.54) is 24.7 Å². The maximum absolute atomic E-state index is 9.97. The van der Waals surface area contributed by atoms with Crippen molar-refractivity contribution < 1.29 is 56.3 Å². The van der Waals surface area contributed by atoms with E-state index < -0.39 is 11.9 Å². The van der Waals surface area contributed by atoms with Crippen LogP contribution in [0.5, 0.6) is 0 Å². The zero-order valence-electron chi connectivity index (χ0n) is 11.0. The van der Waals surface area contributed by atoms with Gasteiger partial charge < -0.3 is 19.0 Å². The van der Waals surface area contributed by atoms with Crippen LogP contribution in [0.1, 0.15) is 11.5 Å². The van der Waals surface area contributed by atoms with Crippen LogP contribution in [-0.4, -0.2) is 22.2 Å². The molecular weight excluding hydrogens is 465 g/mol. The average Bonchev–Trinajstić information content (AvgIpc) is 3.08. The van der Waals surface area contributed by atoms with Crippen molar-refractivity contribution in [3.63, 3.8) is 0 Å². The van der Waals surface area contributed by atoms with E-state index in [9.17, 15) is 9.59 Å². The maximum Gasteiger partial charge on any atom is 0.328 e. The van der Waals surface area contributed by atoms with Gasteiger partial charge in [-0.3, -0.25) is 0 Å². The van der Waals surface area contributed by atoms with Gasteiger partial charge in [0.1, 0.15) is 11.5 Å². The number of rotatable bonds is 4. The molecule has 7 heteroatoms. The second-order valence-electron chi connectivity index (χ2n) is 3.37. The Kier molecular flexibility index (Phi) is 9.61. The molecule has 0 aliphatic rings. The third-order valence-electron chi connectivity index (χ3n) is 1.87. The molecule has 2 N–H and O–H groups in total. The molecule has 2 aromatic heterocycles. The molecule has 6 nitrogen and oxygen atoms in total. The molecule has 0 bridgehead atoms. The van der Waals surface area contributed by atoms with Crippen LogP contribution in [0.4, 0.5) is 0 Å². The van der Waals surface area contributed by atoms with Gasteiger partial charge in [0.05, 0.1) is 12.5 Å². The molecule has 2 heterocycles. The van der Waals surface area contributed by atoms with Gasteiger partial charge in [-0.05, 0) is 36.4 Å². The first-order chi connectivity index (χ1) is 9.58. The van der Waals surface area contributed by atoms with Gasteiger partial charge >= 0.3 is 11.9 Å². The molecule has 0 radical (unpaired) electrons. The number of carboxylic acid groups (broad SMARTS) is 2. The number of hydrogen-bond acceptors (Lipinski definition) is 4. The van der Waals surface area contributed by atoms with Gasteiger partial charge in [0.25, 0.3) is 0 Å². The van der Waals surface area contributed by atoms with Crippen molar-refractivity contribution in [2.45, 2.75) is 0 Å². The van der Waals surface area contributed by atoms with E-state index in [0.717, 1.165) is 12.2 Å². The fourth-order valence-electron chi connectivity index (χ4n) is 1.08. The number of aliphatic carboxylic acids is 2. The second kappa shape index (κ2) is 10.7. The van der Waals surface area contributed by atoms with Crippen LogP contribution in [0.3, 0.4) is 0 Å². The van der Waals surface area contributed by atoms with Crippen molar-refractivity contribution in [1.82, 2.24) is 0 Å². The van der Waals surface area contributed by atoms with Crippen LogP contribution in [0.15, 0.2) is 57.8 Å². The molecule has 0 aliphatic heterocycles. The summed E-state index contributed by atoms with van der Waals surface area (Å²) in [6.45, 7) is 0. The van der Waals surface area contributed by atoms with Crippen LogP contribution in [0, 0.1) is 0 Å². The summed E-state index contributed by atoms with van der Waals surface area (Å²) in [7, 11) is 0. The fraction of sp³-hybridized carbons (Fsp3) is 0. The molecule has 0 aromatic carbocycles. The fourth-order valence-corrected chi connectivity index (χ4v) is 1.08. The summed E-state index contributed by atoms with van der Waals surface area (Å²) in [5, 5.41) is 16.4. The van der Waals surface area contributed by atoms with Crippen molar-refractivity contribution in [3.8, 4) is 0 Å². The number of furan rings is 2. The first-order valence-electron chi connectivity index (χ1n) is 5.47. The Labute approximate surface area is 140 Å². The molecule has 0 amide bonds. The Morgan fingerprint density at radius 2 is 1.24 bits per heavy atom. The minimum Gasteiger partial charge on any atom is -0.478 e. The maximum atomic E-state index is 9.97. The van der Waals surface area contributed by atoms with Gasteiger partial charge in [0, 0.05) is 39.8 Å². The summed E-state index contributed by atoms with van der Waals surface area (Å²) in [5.74, 6) is -0.863. The van der Waals surface area contributed by atoms with Gasteiger partial charge in [-0.2, -0.15) is 0 Å². The predicted molar refractivity (Wildman–Crippen MR) is 70.8 cm³/mol. The first kappa shape index (κ1) is 18.9. The monoisotopic (exact) mass is 478 g/mol. The van der Waals surface area contributed by atoms with E-state index in [2.05, 4.69) is 0 Å². The van der Waals surface area contributed by atoms with Crippen molar-refractivity contribution in [2.75, 3.05) is 0 Å². The molecular formula is C14H12HgO6. The Balaban J connectivity index is 0.000000364. The third kappa shape index (κ3) is 9.45. The van der Waals surface area contributed by atoms with Crippen molar-refractivity contribution in [1.29, 1.82) is 0 Å². The summed E-state index contributed by atoms with van der Waals surface area (Å²) >= 11 is 0. The van der Waals surface area contributed by atoms with E-state index in [1.54, 1.807) is 24.3 Å². The Morgan fingerprint density at radius 1 is 0.857 bits per heavy atom. The van der Waals surface area contributed by atoms with E-state index in [4.69, 9.17) is 19.0 Å². The number of carboxylic acids is 2. The third-order valence-corrected chi connectivity index (χ3v) is 1.87. The molecule has 2 rings (SSSR count). The zero-order chi connectivity index (χ0) is 14.8. The largest absolute Gasteiger partial charge is 0.478 e. The van der Waals surface area contributed by atoms with Crippen molar-refractivity contribution in [2.24, 2.45) is 0 Å². The summed E-state index contributed by atoms with van der Waals surface area (Å²) in [6.07, 6.45) is 7.81. The molecule has 0 fully saturated rings. The topological polar surface area (TPSA) is 101 Å². The smallest absolute Gasteiger partial charge is 0.328 e. The van der Waals surface area contributed by atoms with Crippen molar-refractivity contribution >= 4 is 24.1 Å². The van der Waals surface area contributed by atoms with Crippen LogP contribution in [0.2, 0.25) is 0 Å². The Morgan fingerprint density at radius 3 is 1.48 bits per heavy atom. The number of carbonyl (C=O) groups is 2. The van der Waals surface area contributed by atoms with Gasteiger partial charge in [-0.1, -0.05) is 0 Å². The molecule has 0 atom stereocenters. The predicted octanol–water partition coefficient (Wildman–Crippen LogP) is 2.75. The first-order valence-corrected chi connectivity index (χ1v) is 5.47. The van der Waals surface area contributed by atoms with Crippen LogP contribution < -0.4 is 0 Å². The molecule has 106 valence electrons. The minimum atomic E-state index is -0.976. The summed E-state index contributed by atoms with van der Waals surface area (Å²) < 4.78 is 9.67. The molecule has 21 heavy (non-hydrogen) atoms. The summed E-state index contributed by atoms with van der Waals surface area (Å²) in [6, 6.07) is 6.75. The molecule has 0 spiro atoms. The van der Waals surface area contributed by atoms with Crippen LogP contribution in [0.25, 0.3) is 12.2 Å². The van der Waals surface area contributed by atoms with Gasteiger partial charge in [-0.15, -0.1) is 0 Å². The minimum absolute atomic E-state index is 0. The molecule has 0 aliphatic carbocycles. The average molecular weight is 477 g/mol. The van der Waals surface area contributed by atoms with E-state index in [0.29, 0.717) is 11.5 Å². The van der Waals surface area contributed by atoms with Gasteiger partial charge in [0.15, 0.2) is 0 Å². The normalized spacial score (nSPS) is 9.90. The SMILES string of the molecule is O=C(O)/C=C\c1ccco1.O=C(O)/C=C\c1ccco1.[Hg]. The summed E-state index contributed by atoms with van der Waals surface area (Å²) in [4.78, 5) is 19.9. The van der Waals surface area contributed by atoms with Gasteiger partial charge in [0.2, 0.25) is 0 Å².